The van der Waals surface area contributed by atoms with Crippen LogP contribution in [0, 0.1) is 0 Å². The minimum atomic E-state index is -0.814. The minimum Gasteiger partial charge on any atom is -0.467 e. The van der Waals surface area contributed by atoms with Crippen molar-refractivity contribution in [3.8, 4) is 0 Å². The monoisotopic (exact) mass is 230 g/mol. The summed E-state index contributed by atoms with van der Waals surface area (Å²) in [6.07, 6.45) is 1.12. The molecule has 0 aromatic rings. The molecule has 0 aromatic heterocycles. The highest BCUT2D eigenvalue weighted by Crippen LogP contribution is 1.93. The van der Waals surface area contributed by atoms with Crippen LogP contribution in [0.25, 0.3) is 0 Å². The third kappa shape index (κ3) is 4.77. The van der Waals surface area contributed by atoms with Crippen molar-refractivity contribution in [3.05, 3.63) is 0 Å². The number of rotatable bonds is 5. The summed E-state index contributed by atoms with van der Waals surface area (Å²) in [5.41, 5.74) is 0. The fraction of sp³-hybridized carbons (Fsp3) is 0.700. The van der Waals surface area contributed by atoms with Gasteiger partial charge in [-0.15, -0.1) is 0 Å². The van der Waals surface area contributed by atoms with E-state index < -0.39 is 23.8 Å². The molecule has 0 aromatic carbocycles. The Balaban J connectivity index is 4.19. The van der Waals surface area contributed by atoms with E-state index in [-0.39, 0.29) is 0 Å². The Labute approximate surface area is 94.7 Å². The first-order valence-electron chi connectivity index (χ1n) is 5.23. The Bertz CT molecular complexity index is 266. The molecule has 0 radical (unpaired) electrons. The Kier molecular flexibility index (Phi) is 6.91. The Morgan fingerprint density at radius 1 is 1.19 bits per heavy atom. The van der Waals surface area contributed by atoms with E-state index in [9.17, 15) is 14.4 Å². The quantitative estimate of drug-likeness (QED) is 0.496. The van der Waals surface area contributed by atoms with Crippen molar-refractivity contribution in [2.24, 2.45) is 0 Å². The molecule has 0 fully saturated rings. The SMILES string of the molecule is CCCNC(=O)C(=O)N[C@@H](CC)C(=O)OC. The molecule has 2 amide bonds. The summed E-state index contributed by atoms with van der Waals surface area (Å²) < 4.78 is 4.48. The third-order valence-electron chi connectivity index (χ3n) is 1.94. The van der Waals surface area contributed by atoms with Gasteiger partial charge >= 0.3 is 17.8 Å². The summed E-state index contributed by atoms with van der Waals surface area (Å²) in [4.78, 5) is 33.6. The lowest BCUT2D eigenvalue weighted by Gasteiger charge is -2.13. The molecular formula is C10H18N2O4. The van der Waals surface area contributed by atoms with Crippen molar-refractivity contribution < 1.29 is 19.1 Å². The van der Waals surface area contributed by atoms with Gasteiger partial charge < -0.3 is 15.4 Å². The van der Waals surface area contributed by atoms with Crippen LogP contribution in [0.3, 0.4) is 0 Å². The molecule has 92 valence electrons. The molecule has 2 N–H and O–H groups in total. The van der Waals surface area contributed by atoms with E-state index in [1.807, 2.05) is 6.92 Å². The molecule has 0 rings (SSSR count). The number of hydrogen-bond donors (Lipinski definition) is 2. The minimum absolute atomic E-state index is 0.374. The van der Waals surface area contributed by atoms with Gasteiger partial charge in [-0.2, -0.15) is 0 Å². The maximum Gasteiger partial charge on any atom is 0.328 e. The van der Waals surface area contributed by atoms with Crippen LogP contribution in [-0.4, -0.2) is 37.5 Å². The number of hydrogen-bond acceptors (Lipinski definition) is 4. The standard InChI is InChI=1S/C10H18N2O4/c1-4-6-11-8(13)9(14)12-7(5-2)10(15)16-3/h7H,4-6H2,1-3H3,(H,11,13)(H,12,14)/t7-/m0/s1. The van der Waals surface area contributed by atoms with Gasteiger partial charge in [-0.1, -0.05) is 13.8 Å². The average Bonchev–Trinajstić information content (AvgIpc) is 2.31. The normalized spacial score (nSPS) is 11.4. The maximum absolute atomic E-state index is 11.3. The van der Waals surface area contributed by atoms with E-state index in [4.69, 9.17) is 0 Å². The summed E-state index contributed by atoms with van der Waals surface area (Å²) in [5, 5.41) is 4.72. The van der Waals surface area contributed by atoms with Gasteiger partial charge in [0.05, 0.1) is 7.11 Å². The summed E-state index contributed by atoms with van der Waals surface area (Å²) in [6, 6.07) is -0.773. The van der Waals surface area contributed by atoms with Gasteiger partial charge in [-0.3, -0.25) is 9.59 Å². The number of carbonyl (C=O) groups excluding carboxylic acids is 3. The largest absolute Gasteiger partial charge is 0.467 e. The zero-order chi connectivity index (χ0) is 12.6. The molecule has 1 atom stereocenters. The molecule has 0 aliphatic heterocycles. The first-order chi connectivity index (χ1) is 7.56. The zero-order valence-electron chi connectivity index (χ0n) is 9.83. The van der Waals surface area contributed by atoms with Crippen molar-refractivity contribution in [1.82, 2.24) is 10.6 Å². The predicted molar refractivity (Wildman–Crippen MR) is 57.5 cm³/mol. The van der Waals surface area contributed by atoms with Crippen LogP contribution in [0.4, 0.5) is 0 Å². The van der Waals surface area contributed by atoms with Crippen LogP contribution >= 0.6 is 0 Å². The number of amides is 2. The number of methoxy groups -OCH3 is 1. The van der Waals surface area contributed by atoms with Crippen molar-refractivity contribution in [1.29, 1.82) is 0 Å². The van der Waals surface area contributed by atoms with Crippen LogP contribution in [0.2, 0.25) is 0 Å². The summed E-state index contributed by atoms with van der Waals surface area (Å²) >= 11 is 0. The Hall–Kier alpha value is -1.59. The molecule has 16 heavy (non-hydrogen) atoms. The molecule has 0 saturated carbocycles. The highest BCUT2D eigenvalue weighted by atomic mass is 16.5. The predicted octanol–water partition coefficient (Wildman–Crippen LogP) is -0.420. The van der Waals surface area contributed by atoms with Crippen molar-refractivity contribution in [2.75, 3.05) is 13.7 Å². The Morgan fingerprint density at radius 2 is 1.81 bits per heavy atom. The lowest BCUT2D eigenvalue weighted by atomic mass is 10.2. The van der Waals surface area contributed by atoms with E-state index >= 15 is 0 Å². The van der Waals surface area contributed by atoms with Crippen LogP contribution in [0.15, 0.2) is 0 Å². The molecule has 0 aliphatic carbocycles. The van der Waals surface area contributed by atoms with Crippen molar-refractivity contribution in [2.45, 2.75) is 32.7 Å². The number of carbonyl (C=O) groups is 3. The van der Waals surface area contributed by atoms with E-state index in [0.29, 0.717) is 13.0 Å². The van der Waals surface area contributed by atoms with Gasteiger partial charge in [-0.05, 0) is 12.8 Å². The van der Waals surface area contributed by atoms with Crippen LogP contribution in [0.1, 0.15) is 26.7 Å². The fourth-order valence-electron chi connectivity index (χ4n) is 1.01. The second kappa shape index (κ2) is 7.67. The topological polar surface area (TPSA) is 84.5 Å². The summed E-state index contributed by atoms with van der Waals surface area (Å²) in [5.74, 6) is -2.10. The summed E-state index contributed by atoms with van der Waals surface area (Å²) in [7, 11) is 1.23. The van der Waals surface area contributed by atoms with Gasteiger partial charge in [-0.25, -0.2) is 4.79 Å². The van der Waals surface area contributed by atoms with Gasteiger partial charge in [0, 0.05) is 6.54 Å². The number of ether oxygens (including phenoxy) is 1. The second-order valence-corrected chi connectivity index (χ2v) is 3.21. The molecule has 0 aliphatic rings. The van der Waals surface area contributed by atoms with Gasteiger partial charge in [0.15, 0.2) is 0 Å². The van der Waals surface area contributed by atoms with E-state index in [0.717, 1.165) is 6.42 Å². The molecule has 0 unspecified atom stereocenters. The fourth-order valence-corrected chi connectivity index (χ4v) is 1.01. The molecule has 0 heterocycles. The van der Waals surface area contributed by atoms with Crippen molar-refractivity contribution in [3.63, 3.8) is 0 Å². The second-order valence-electron chi connectivity index (χ2n) is 3.21. The van der Waals surface area contributed by atoms with E-state index in [1.165, 1.54) is 7.11 Å². The van der Waals surface area contributed by atoms with Gasteiger partial charge in [0.25, 0.3) is 0 Å². The first kappa shape index (κ1) is 14.4. The smallest absolute Gasteiger partial charge is 0.328 e. The molecule has 0 saturated heterocycles. The zero-order valence-corrected chi connectivity index (χ0v) is 9.83. The lowest BCUT2D eigenvalue weighted by molar-refractivity contribution is -0.147. The number of esters is 1. The van der Waals surface area contributed by atoms with Crippen LogP contribution < -0.4 is 10.6 Å². The van der Waals surface area contributed by atoms with Gasteiger partial charge in [0.1, 0.15) is 6.04 Å². The molecule has 6 heteroatoms. The molecule has 6 nitrogen and oxygen atoms in total. The summed E-state index contributed by atoms with van der Waals surface area (Å²) in [6.45, 7) is 4.02. The third-order valence-corrected chi connectivity index (χ3v) is 1.94. The molecule has 0 spiro atoms. The molecule has 0 bridgehead atoms. The first-order valence-corrected chi connectivity index (χ1v) is 5.23. The van der Waals surface area contributed by atoms with Crippen LogP contribution in [-0.2, 0) is 19.1 Å². The highest BCUT2D eigenvalue weighted by Gasteiger charge is 2.22. The average molecular weight is 230 g/mol. The highest BCUT2D eigenvalue weighted by molar-refractivity contribution is 6.35. The molecular weight excluding hydrogens is 212 g/mol. The Morgan fingerprint density at radius 3 is 2.25 bits per heavy atom. The van der Waals surface area contributed by atoms with Gasteiger partial charge in [0.2, 0.25) is 0 Å². The van der Waals surface area contributed by atoms with E-state index in [1.54, 1.807) is 6.92 Å². The maximum atomic E-state index is 11.3. The number of nitrogens with one attached hydrogen (secondary N) is 2. The lowest BCUT2D eigenvalue weighted by Crippen LogP contribution is -2.47. The van der Waals surface area contributed by atoms with E-state index in [2.05, 4.69) is 15.4 Å². The van der Waals surface area contributed by atoms with Crippen LogP contribution in [0.5, 0.6) is 0 Å². The van der Waals surface area contributed by atoms with Crippen molar-refractivity contribution >= 4 is 17.8 Å².